The second-order valence-electron chi connectivity index (χ2n) is 4.97. The van der Waals surface area contributed by atoms with E-state index in [4.69, 9.17) is 4.74 Å². The Labute approximate surface area is 112 Å². The number of nitrogens with zero attached hydrogens (tertiary/aromatic N) is 2. The first kappa shape index (κ1) is 12.2. The van der Waals surface area contributed by atoms with Gasteiger partial charge in [-0.1, -0.05) is 12.1 Å². The first-order chi connectivity index (χ1) is 9.33. The predicted octanol–water partition coefficient (Wildman–Crippen LogP) is 2.11. The maximum Gasteiger partial charge on any atom is 0.143 e. The zero-order valence-corrected chi connectivity index (χ0v) is 11.0. The molecule has 0 bridgehead atoms. The lowest BCUT2D eigenvalue weighted by Gasteiger charge is -2.24. The number of aliphatic hydroxyl groups is 1. The molecule has 0 amide bonds. The van der Waals surface area contributed by atoms with Crippen molar-refractivity contribution in [2.24, 2.45) is 5.92 Å². The Bertz CT molecular complexity index is 577. The van der Waals surface area contributed by atoms with Gasteiger partial charge in [0, 0.05) is 31.0 Å². The molecule has 19 heavy (non-hydrogen) atoms. The number of benzene rings is 1. The summed E-state index contributed by atoms with van der Waals surface area (Å²) in [4.78, 5) is 4.55. The van der Waals surface area contributed by atoms with Crippen LogP contribution < -0.4 is 4.74 Å². The van der Waals surface area contributed by atoms with Crippen LogP contribution in [0.5, 0.6) is 5.75 Å². The SMILES string of the molecule is COc1ccccc1-c1ncc2n1CC(CO)CC2. The summed E-state index contributed by atoms with van der Waals surface area (Å²) >= 11 is 0. The number of fused-ring (bicyclic) bond motifs is 1. The maximum atomic E-state index is 9.36. The van der Waals surface area contributed by atoms with Crippen molar-refractivity contribution in [2.45, 2.75) is 19.4 Å². The van der Waals surface area contributed by atoms with E-state index in [1.807, 2.05) is 30.5 Å². The quantitative estimate of drug-likeness (QED) is 0.917. The average Bonchev–Trinajstić information content (AvgIpc) is 2.89. The molecule has 1 aromatic carbocycles. The van der Waals surface area contributed by atoms with Crippen molar-refractivity contribution >= 4 is 0 Å². The first-order valence-corrected chi connectivity index (χ1v) is 6.62. The molecule has 0 radical (unpaired) electrons. The van der Waals surface area contributed by atoms with E-state index < -0.39 is 0 Å². The fraction of sp³-hybridized carbons (Fsp3) is 0.400. The third-order valence-electron chi connectivity index (χ3n) is 3.79. The molecule has 0 fully saturated rings. The summed E-state index contributed by atoms with van der Waals surface area (Å²) in [5.74, 6) is 2.10. The van der Waals surface area contributed by atoms with E-state index in [9.17, 15) is 5.11 Å². The van der Waals surface area contributed by atoms with Crippen LogP contribution in [0.1, 0.15) is 12.1 Å². The summed E-state index contributed by atoms with van der Waals surface area (Å²) in [5.41, 5.74) is 2.25. The number of hydrogen-bond acceptors (Lipinski definition) is 3. The van der Waals surface area contributed by atoms with Crippen molar-refractivity contribution in [3.63, 3.8) is 0 Å². The van der Waals surface area contributed by atoms with Gasteiger partial charge in [0.05, 0.1) is 12.7 Å². The van der Waals surface area contributed by atoms with Crippen LogP contribution in [-0.4, -0.2) is 28.4 Å². The molecule has 4 heteroatoms. The minimum absolute atomic E-state index is 0.239. The first-order valence-electron chi connectivity index (χ1n) is 6.62. The number of hydrogen-bond donors (Lipinski definition) is 1. The third-order valence-corrected chi connectivity index (χ3v) is 3.79. The average molecular weight is 258 g/mol. The molecule has 2 aromatic rings. The van der Waals surface area contributed by atoms with Gasteiger partial charge in [-0.25, -0.2) is 4.98 Å². The lowest BCUT2D eigenvalue weighted by atomic mass is 9.99. The molecule has 0 spiro atoms. The normalized spacial score (nSPS) is 18.1. The predicted molar refractivity (Wildman–Crippen MR) is 73.1 cm³/mol. The van der Waals surface area contributed by atoms with Gasteiger partial charge in [0.2, 0.25) is 0 Å². The van der Waals surface area contributed by atoms with Gasteiger partial charge in [-0.2, -0.15) is 0 Å². The highest BCUT2D eigenvalue weighted by atomic mass is 16.5. The van der Waals surface area contributed by atoms with E-state index in [0.29, 0.717) is 5.92 Å². The van der Waals surface area contributed by atoms with Gasteiger partial charge in [0.25, 0.3) is 0 Å². The van der Waals surface area contributed by atoms with Crippen molar-refractivity contribution in [3.05, 3.63) is 36.2 Å². The molecule has 4 nitrogen and oxygen atoms in total. The monoisotopic (exact) mass is 258 g/mol. The fourth-order valence-electron chi connectivity index (χ4n) is 2.71. The Morgan fingerprint density at radius 2 is 2.26 bits per heavy atom. The summed E-state index contributed by atoms with van der Waals surface area (Å²) in [6.45, 7) is 1.07. The molecule has 1 atom stereocenters. The lowest BCUT2D eigenvalue weighted by Crippen LogP contribution is -2.23. The van der Waals surface area contributed by atoms with Crippen LogP contribution in [-0.2, 0) is 13.0 Å². The zero-order valence-electron chi connectivity index (χ0n) is 11.0. The maximum absolute atomic E-state index is 9.36. The number of ether oxygens (including phenoxy) is 1. The number of imidazole rings is 1. The zero-order chi connectivity index (χ0) is 13.2. The van der Waals surface area contributed by atoms with Gasteiger partial charge in [-0.15, -0.1) is 0 Å². The second kappa shape index (κ2) is 5.05. The van der Waals surface area contributed by atoms with E-state index in [-0.39, 0.29) is 6.61 Å². The summed E-state index contributed by atoms with van der Waals surface area (Å²) in [5, 5.41) is 9.36. The highest BCUT2D eigenvalue weighted by Gasteiger charge is 2.22. The number of methoxy groups -OCH3 is 1. The highest BCUT2D eigenvalue weighted by Crippen LogP contribution is 2.32. The Morgan fingerprint density at radius 1 is 1.42 bits per heavy atom. The summed E-state index contributed by atoms with van der Waals surface area (Å²) in [7, 11) is 1.68. The number of aryl methyl sites for hydroxylation is 1. The van der Waals surface area contributed by atoms with E-state index >= 15 is 0 Å². The molecule has 1 aromatic heterocycles. The molecule has 3 rings (SSSR count). The molecule has 0 aliphatic carbocycles. The van der Waals surface area contributed by atoms with E-state index in [1.165, 1.54) is 5.69 Å². The smallest absolute Gasteiger partial charge is 0.143 e. The van der Waals surface area contributed by atoms with E-state index in [0.717, 1.165) is 36.5 Å². The van der Waals surface area contributed by atoms with Crippen LogP contribution >= 0.6 is 0 Å². The van der Waals surface area contributed by atoms with Crippen molar-refractivity contribution < 1.29 is 9.84 Å². The molecule has 0 saturated heterocycles. The van der Waals surface area contributed by atoms with Gasteiger partial charge < -0.3 is 14.4 Å². The van der Waals surface area contributed by atoms with Gasteiger partial charge in [-0.3, -0.25) is 0 Å². The molecule has 1 N–H and O–H groups in total. The Balaban J connectivity index is 2.05. The number of aliphatic hydroxyl groups excluding tert-OH is 1. The van der Waals surface area contributed by atoms with Crippen LogP contribution in [0.25, 0.3) is 11.4 Å². The largest absolute Gasteiger partial charge is 0.496 e. The minimum atomic E-state index is 0.239. The standard InChI is InChI=1S/C15H18N2O2/c1-19-14-5-3-2-4-13(14)15-16-8-12-7-6-11(10-18)9-17(12)15/h2-5,8,11,18H,6-7,9-10H2,1H3. The van der Waals surface area contributed by atoms with Crippen LogP contribution in [0.2, 0.25) is 0 Å². The molecule has 1 aliphatic rings. The second-order valence-corrected chi connectivity index (χ2v) is 4.97. The van der Waals surface area contributed by atoms with E-state index in [2.05, 4.69) is 9.55 Å². The lowest BCUT2D eigenvalue weighted by molar-refractivity contribution is 0.192. The Hall–Kier alpha value is -1.81. The number of para-hydroxylation sites is 1. The fourth-order valence-corrected chi connectivity index (χ4v) is 2.71. The highest BCUT2D eigenvalue weighted by molar-refractivity contribution is 5.65. The molecular formula is C15H18N2O2. The van der Waals surface area contributed by atoms with Crippen molar-refractivity contribution in [2.75, 3.05) is 13.7 Å². The van der Waals surface area contributed by atoms with Gasteiger partial charge in [-0.05, 0) is 25.0 Å². The van der Waals surface area contributed by atoms with Crippen LogP contribution in [0.4, 0.5) is 0 Å². The molecule has 1 aliphatic heterocycles. The van der Waals surface area contributed by atoms with Crippen molar-refractivity contribution in [1.29, 1.82) is 0 Å². The number of aromatic nitrogens is 2. The topological polar surface area (TPSA) is 47.3 Å². The van der Waals surface area contributed by atoms with Gasteiger partial charge >= 0.3 is 0 Å². The van der Waals surface area contributed by atoms with Gasteiger partial charge in [0.15, 0.2) is 0 Å². The van der Waals surface area contributed by atoms with Crippen molar-refractivity contribution in [1.82, 2.24) is 9.55 Å². The van der Waals surface area contributed by atoms with Crippen LogP contribution in [0, 0.1) is 5.92 Å². The van der Waals surface area contributed by atoms with Crippen LogP contribution in [0.15, 0.2) is 30.5 Å². The summed E-state index contributed by atoms with van der Waals surface area (Å²) < 4.78 is 7.62. The molecule has 100 valence electrons. The molecule has 1 unspecified atom stereocenters. The Morgan fingerprint density at radius 3 is 3.05 bits per heavy atom. The Kier molecular flexibility index (Phi) is 3.25. The van der Waals surface area contributed by atoms with Crippen LogP contribution in [0.3, 0.4) is 0 Å². The van der Waals surface area contributed by atoms with E-state index in [1.54, 1.807) is 7.11 Å². The number of rotatable bonds is 3. The van der Waals surface area contributed by atoms with Crippen molar-refractivity contribution in [3.8, 4) is 17.1 Å². The molecule has 2 heterocycles. The summed E-state index contributed by atoms with van der Waals surface area (Å²) in [6, 6.07) is 7.92. The molecular weight excluding hydrogens is 240 g/mol. The molecule has 0 saturated carbocycles. The summed E-state index contributed by atoms with van der Waals surface area (Å²) in [6.07, 6.45) is 3.95. The van der Waals surface area contributed by atoms with Gasteiger partial charge in [0.1, 0.15) is 11.6 Å². The minimum Gasteiger partial charge on any atom is -0.496 e. The third kappa shape index (κ3) is 2.12.